The van der Waals surface area contributed by atoms with E-state index in [-0.39, 0.29) is 0 Å². The van der Waals surface area contributed by atoms with E-state index in [2.05, 4.69) is 22.2 Å². The van der Waals surface area contributed by atoms with Gasteiger partial charge in [-0.1, -0.05) is 18.2 Å². The van der Waals surface area contributed by atoms with Gasteiger partial charge in [0, 0.05) is 23.2 Å². The van der Waals surface area contributed by atoms with Crippen LogP contribution in [0.4, 0.5) is 0 Å². The van der Waals surface area contributed by atoms with Crippen molar-refractivity contribution in [1.29, 1.82) is 0 Å². The number of para-hydroxylation sites is 1. The average molecular weight is 179 g/mol. The zero-order valence-corrected chi connectivity index (χ0v) is 7.44. The number of hydrogen-bond acceptors (Lipinski definition) is 2. The second-order valence-corrected chi connectivity index (χ2v) is 3.16. The van der Waals surface area contributed by atoms with Crippen LogP contribution in [-0.2, 0) is 0 Å². The van der Waals surface area contributed by atoms with E-state index >= 15 is 0 Å². The van der Waals surface area contributed by atoms with E-state index in [0.717, 1.165) is 21.7 Å². The van der Waals surface area contributed by atoms with Crippen molar-refractivity contribution in [3.8, 4) is 0 Å². The van der Waals surface area contributed by atoms with Crippen LogP contribution >= 0.6 is 0 Å². The Kier molecular flexibility index (Phi) is 1.47. The molecule has 0 saturated heterocycles. The number of pyridine rings is 2. The molecular formula is C12H7N2. The summed E-state index contributed by atoms with van der Waals surface area (Å²) in [6, 6.07) is 10.1. The fourth-order valence-electron chi connectivity index (χ4n) is 1.64. The lowest BCUT2D eigenvalue weighted by Crippen LogP contribution is -1.82. The van der Waals surface area contributed by atoms with Gasteiger partial charge in [0.2, 0.25) is 0 Å². The fourth-order valence-corrected chi connectivity index (χ4v) is 1.64. The average Bonchev–Trinajstić information content (AvgIpc) is 2.29. The van der Waals surface area contributed by atoms with Crippen molar-refractivity contribution in [2.75, 3.05) is 0 Å². The molecule has 0 unspecified atom stereocenters. The first kappa shape index (κ1) is 7.44. The highest BCUT2D eigenvalue weighted by Crippen LogP contribution is 2.21. The predicted molar refractivity (Wildman–Crippen MR) is 55.9 cm³/mol. The SMILES string of the molecule is [c]1nc2ccccc2c2ccncc12. The Hall–Kier alpha value is -1.96. The second-order valence-electron chi connectivity index (χ2n) is 3.16. The largest absolute Gasteiger partial charge is 0.264 e. The summed E-state index contributed by atoms with van der Waals surface area (Å²) in [6.07, 6.45) is 6.56. The van der Waals surface area contributed by atoms with Crippen molar-refractivity contribution >= 4 is 21.7 Å². The van der Waals surface area contributed by atoms with Gasteiger partial charge in [0.1, 0.15) is 0 Å². The Labute approximate surface area is 81.2 Å². The van der Waals surface area contributed by atoms with Crippen molar-refractivity contribution in [1.82, 2.24) is 9.97 Å². The number of aromatic nitrogens is 2. The van der Waals surface area contributed by atoms with E-state index in [0.29, 0.717) is 0 Å². The third kappa shape index (κ3) is 0.973. The first-order valence-electron chi connectivity index (χ1n) is 4.45. The molecule has 1 aromatic carbocycles. The molecule has 0 saturated carbocycles. The molecule has 0 bridgehead atoms. The quantitative estimate of drug-likeness (QED) is 0.496. The molecule has 2 aromatic heterocycles. The minimum Gasteiger partial charge on any atom is -0.264 e. The molecule has 0 aliphatic rings. The molecule has 0 amide bonds. The molecule has 0 aliphatic heterocycles. The molecule has 3 rings (SSSR count). The third-order valence-corrected chi connectivity index (χ3v) is 2.31. The van der Waals surface area contributed by atoms with Gasteiger partial charge in [0.25, 0.3) is 0 Å². The van der Waals surface area contributed by atoms with E-state index in [1.165, 1.54) is 0 Å². The highest BCUT2D eigenvalue weighted by Gasteiger charge is 1.99. The van der Waals surface area contributed by atoms with Crippen LogP contribution in [0.2, 0.25) is 0 Å². The van der Waals surface area contributed by atoms with Gasteiger partial charge in [0.15, 0.2) is 0 Å². The maximum absolute atomic E-state index is 4.24. The standard InChI is InChI=1S/C12H7N2/c1-2-4-12-11(3-1)10-5-6-13-7-9(10)8-14-12/h1-7H. The monoisotopic (exact) mass is 179 g/mol. The summed E-state index contributed by atoms with van der Waals surface area (Å²) < 4.78 is 0. The Morgan fingerprint density at radius 3 is 2.93 bits per heavy atom. The lowest BCUT2D eigenvalue weighted by atomic mass is 10.1. The molecule has 2 heterocycles. The predicted octanol–water partition coefficient (Wildman–Crippen LogP) is 2.58. The van der Waals surface area contributed by atoms with Crippen molar-refractivity contribution in [3.05, 3.63) is 48.9 Å². The van der Waals surface area contributed by atoms with Gasteiger partial charge in [-0.15, -0.1) is 0 Å². The van der Waals surface area contributed by atoms with E-state index in [1.807, 2.05) is 24.3 Å². The fraction of sp³-hybridized carbons (Fsp3) is 0. The van der Waals surface area contributed by atoms with Crippen LogP contribution in [0.5, 0.6) is 0 Å². The molecule has 2 nitrogen and oxygen atoms in total. The van der Waals surface area contributed by atoms with Crippen molar-refractivity contribution in [2.45, 2.75) is 0 Å². The number of hydrogen-bond donors (Lipinski definition) is 0. The second kappa shape index (κ2) is 2.77. The van der Waals surface area contributed by atoms with Gasteiger partial charge in [-0.2, -0.15) is 0 Å². The number of fused-ring (bicyclic) bond motifs is 3. The Morgan fingerprint density at radius 2 is 1.93 bits per heavy atom. The topological polar surface area (TPSA) is 25.8 Å². The van der Waals surface area contributed by atoms with Crippen LogP contribution in [0.3, 0.4) is 0 Å². The van der Waals surface area contributed by atoms with Crippen LogP contribution in [0, 0.1) is 6.20 Å². The Morgan fingerprint density at radius 1 is 1.00 bits per heavy atom. The van der Waals surface area contributed by atoms with Crippen LogP contribution < -0.4 is 0 Å². The molecule has 65 valence electrons. The Balaban J connectivity index is 2.61. The van der Waals surface area contributed by atoms with E-state index in [1.54, 1.807) is 12.4 Å². The molecule has 0 atom stereocenters. The summed E-state index contributed by atoms with van der Waals surface area (Å²) >= 11 is 0. The highest BCUT2D eigenvalue weighted by atomic mass is 14.7. The number of nitrogens with zero attached hydrogens (tertiary/aromatic N) is 2. The molecule has 2 heteroatoms. The van der Waals surface area contributed by atoms with Crippen LogP contribution in [-0.4, -0.2) is 9.97 Å². The summed E-state index contributed by atoms with van der Waals surface area (Å²) in [6.45, 7) is 0. The zero-order valence-electron chi connectivity index (χ0n) is 7.44. The first-order valence-corrected chi connectivity index (χ1v) is 4.45. The lowest BCUT2D eigenvalue weighted by Gasteiger charge is -2.00. The minimum absolute atomic E-state index is 0.964. The van der Waals surface area contributed by atoms with E-state index in [9.17, 15) is 0 Å². The maximum Gasteiger partial charge on any atom is 0.0994 e. The Bertz CT molecular complexity index is 547. The van der Waals surface area contributed by atoms with E-state index in [4.69, 9.17) is 0 Å². The summed E-state index contributed by atoms with van der Waals surface area (Å²) in [5.74, 6) is 0. The smallest absolute Gasteiger partial charge is 0.0994 e. The van der Waals surface area contributed by atoms with Crippen LogP contribution in [0.25, 0.3) is 21.7 Å². The molecule has 14 heavy (non-hydrogen) atoms. The molecule has 0 spiro atoms. The summed E-state index contributed by atoms with van der Waals surface area (Å²) in [7, 11) is 0. The van der Waals surface area contributed by atoms with Gasteiger partial charge < -0.3 is 0 Å². The molecule has 1 radical (unpaired) electrons. The van der Waals surface area contributed by atoms with Gasteiger partial charge in [-0.25, -0.2) is 4.98 Å². The van der Waals surface area contributed by atoms with Gasteiger partial charge in [0.05, 0.1) is 11.7 Å². The van der Waals surface area contributed by atoms with Crippen LogP contribution in [0.15, 0.2) is 42.7 Å². The zero-order chi connectivity index (χ0) is 9.38. The number of benzene rings is 1. The molecule has 0 aliphatic carbocycles. The van der Waals surface area contributed by atoms with Gasteiger partial charge in [-0.05, 0) is 17.5 Å². The lowest BCUT2D eigenvalue weighted by molar-refractivity contribution is 1.34. The molecule has 0 fully saturated rings. The summed E-state index contributed by atoms with van der Waals surface area (Å²) in [5, 5.41) is 3.28. The highest BCUT2D eigenvalue weighted by molar-refractivity contribution is 6.04. The summed E-state index contributed by atoms with van der Waals surface area (Å²) in [5.41, 5.74) is 0.978. The molecular weight excluding hydrogens is 172 g/mol. The van der Waals surface area contributed by atoms with Crippen molar-refractivity contribution in [3.63, 3.8) is 0 Å². The maximum atomic E-state index is 4.24. The molecule has 0 N–H and O–H groups in total. The van der Waals surface area contributed by atoms with E-state index < -0.39 is 0 Å². The van der Waals surface area contributed by atoms with Crippen molar-refractivity contribution < 1.29 is 0 Å². The van der Waals surface area contributed by atoms with Crippen LogP contribution in [0.1, 0.15) is 0 Å². The van der Waals surface area contributed by atoms with Gasteiger partial charge >= 0.3 is 0 Å². The molecule has 3 aromatic rings. The third-order valence-electron chi connectivity index (χ3n) is 2.31. The summed E-state index contributed by atoms with van der Waals surface area (Å²) in [4.78, 5) is 8.29. The van der Waals surface area contributed by atoms with Crippen molar-refractivity contribution in [2.24, 2.45) is 0 Å². The minimum atomic E-state index is 0.964. The van der Waals surface area contributed by atoms with Gasteiger partial charge in [-0.3, -0.25) is 4.98 Å². The first-order chi connectivity index (χ1) is 6.95. The number of rotatable bonds is 0. The normalized spacial score (nSPS) is 10.9.